The van der Waals surface area contributed by atoms with E-state index in [9.17, 15) is 9.90 Å². The Balaban J connectivity index is 1.02. The predicted molar refractivity (Wildman–Crippen MR) is 156 cm³/mol. The van der Waals surface area contributed by atoms with Gasteiger partial charge in [0.05, 0.1) is 6.10 Å². The molecule has 6 rings (SSSR count). The number of rotatable bonds is 7. The maximum atomic E-state index is 12.6. The third kappa shape index (κ3) is 5.89. The van der Waals surface area contributed by atoms with Gasteiger partial charge in [-0.25, -0.2) is 0 Å². The summed E-state index contributed by atoms with van der Waals surface area (Å²) in [6.45, 7) is 1.77. The number of ether oxygens (including phenoxy) is 1. The molecule has 0 atom stereocenters. The third-order valence-electron chi connectivity index (χ3n) is 7.01. The van der Waals surface area contributed by atoms with Crippen molar-refractivity contribution in [3.63, 3.8) is 0 Å². The number of aromatic nitrogens is 1. The Bertz CT molecular complexity index is 1550. The minimum Gasteiger partial charge on any atom is -0.457 e. The number of carbonyl (C=O) groups excluding carboxylic acids is 1. The average Bonchev–Trinajstić information content (AvgIpc) is 3.44. The van der Waals surface area contributed by atoms with Gasteiger partial charge in [0.2, 0.25) is 0 Å². The molecule has 196 valence electrons. The standard InChI is InChI=1S/C32H30N4O3/c37-28-16-19-36(20-17-28)27-9-3-24(4-10-27)34-25-5-11-29(12-6-25)39-30-13-7-26(8-14-30)35-32(38)23-2-1-22-15-18-33-31(22)21-23/h1-15,18,21,28,33-34,37H,16-17,19-20H2,(H,35,38). The summed E-state index contributed by atoms with van der Waals surface area (Å²) >= 11 is 0. The summed E-state index contributed by atoms with van der Waals surface area (Å²) in [5, 5.41) is 17.1. The van der Waals surface area contributed by atoms with Crippen molar-refractivity contribution in [1.29, 1.82) is 0 Å². The van der Waals surface area contributed by atoms with E-state index >= 15 is 0 Å². The quantitative estimate of drug-likeness (QED) is 0.188. The summed E-state index contributed by atoms with van der Waals surface area (Å²) in [6, 6.07) is 31.1. The zero-order valence-electron chi connectivity index (χ0n) is 21.4. The van der Waals surface area contributed by atoms with Crippen LogP contribution in [0.2, 0.25) is 0 Å². The average molecular weight is 519 g/mol. The Labute approximate surface area is 227 Å². The summed E-state index contributed by atoms with van der Waals surface area (Å²) in [7, 11) is 0. The number of carbonyl (C=O) groups is 1. The smallest absolute Gasteiger partial charge is 0.255 e. The van der Waals surface area contributed by atoms with Crippen LogP contribution in [0.3, 0.4) is 0 Å². The van der Waals surface area contributed by atoms with E-state index in [1.807, 2.05) is 79.0 Å². The van der Waals surface area contributed by atoms with Gasteiger partial charge in [-0.3, -0.25) is 4.79 Å². The van der Waals surface area contributed by atoms with E-state index in [0.29, 0.717) is 17.0 Å². The lowest BCUT2D eigenvalue weighted by molar-refractivity contribution is 0.102. The fraction of sp³-hybridized carbons (Fsp3) is 0.156. The van der Waals surface area contributed by atoms with Gasteiger partial charge in [0.15, 0.2) is 0 Å². The van der Waals surface area contributed by atoms with E-state index in [2.05, 4.69) is 44.8 Å². The number of hydrogen-bond donors (Lipinski definition) is 4. The van der Waals surface area contributed by atoms with Crippen molar-refractivity contribution in [2.24, 2.45) is 0 Å². The van der Waals surface area contributed by atoms with Gasteiger partial charge in [-0.1, -0.05) is 6.07 Å². The van der Waals surface area contributed by atoms with E-state index in [4.69, 9.17) is 4.74 Å². The Morgan fingerprint density at radius 3 is 2.08 bits per heavy atom. The molecule has 1 fully saturated rings. The second kappa shape index (κ2) is 10.9. The Morgan fingerprint density at radius 1 is 0.795 bits per heavy atom. The summed E-state index contributed by atoms with van der Waals surface area (Å²) in [6.07, 6.45) is 3.33. The lowest BCUT2D eigenvalue weighted by Gasteiger charge is -2.31. The van der Waals surface area contributed by atoms with E-state index in [1.165, 1.54) is 5.69 Å². The molecule has 0 radical (unpaired) electrons. The van der Waals surface area contributed by atoms with Gasteiger partial charge in [-0.05, 0) is 109 Å². The number of nitrogens with zero attached hydrogens (tertiary/aromatic N) is 1. The van der Waals surface area contributed by atoms with Gasteiger partial charge < -0.3 is 30.4 Å². The number of aliphatic hydroxyl groups excluding tert-OH is 1. The molecule has 1 aliphatic heterocycles. The van der Waals surface area contributed by atoms with Gasteiger partial charge in [0.25, 0.3) is 5.91 Å². The molecule has 0 unspecified atom stereocenters. The molecule has 1 aliphatic rings. The molecule has 0 aliphatic carbocycles. The first-order chi connectivity index (χ1) is 19.1. The van der Waals surface area contributed by atoms with Crippen LogP contribution >= 0.6 is 0 Å². The normalized spacial score (nSPS) is 13.8. The lowest BCUT2D eigenvalue weighted by atomic mass is 10.1. The monoisotopic (exact) mass is 518 g/mol. The lowest BCUT2D eigenvalue weighted by Crippen LogP contribution is -2.35. The maximum absolute atomic E-state index is 12.6. The predicted octanol–water partition coefficient (Wildman–Crippen LogP) is 6.92. The highest BCUT2D eigenvalue weighted by molar-refractivity contribution is 6.06. The van der Waals surface area contributed by atoms with Crippen LogP contribution in [0.1, 0.15) is 23.2 Å². The summed E-state index contributed by atoms with van der Waals surface area (Å²) < 4.78 is 5.99. The largest absolute Gasteiger partial charge is 0.457 e. The van der Waals surface area contributed by atoms with Crippen LogP contribution in [-0.2, 0) is 0 Å². The highest BCUT2D eigenvalue weighted by atomic mass is 16.5. The number of piperidine rings is 1. The van der Waals surface area contributed by atoms with Gasteiger partial charge >= 0.3 is 0 Å². The molecule has 4 N–H and O–H groups in total. The van der Waals surface area contributed by atoms with Gasteiger partial charge in [0, 0.05) is 53.1 Å². The summed E-state index contributed by atoms with van der Waals surface area (Å²) in [5.41, 5.74) is 5.38. The van der Waals surface area contributed by atoms with Crippen molar-refractivity contribution in [1.82, 2.24) is 4.98 Å². The fourth-order valence-corrected chi connectivity index (χ4v) is 4.79. The molecule has 1 aromatic heterocycles. The number of anilines is 4. The molecule has 7 nitrogen and oxygen atoms in total. The molecule has 4 aromatic carbocycles. The van der Waals surface area contributed by atoms with Crippen LogP contribution in [0.15, 0.2) is 103 Å². The van der Waals surface area contributed by atoms with Crippen molar-refractivity contribution in [2.75, 3.05) is 28.6 Å². The highest BCUT2D eigenvalue weighted by Gasteiger charge is 2.17. The molecule has 1 amide bonds. The second-order valence-corrected chi connectivity index (χ2v) is 9.77. The Kier molecular flexibility index (Phi) is 6.89. The minimum absolute atomic E-state index is 0.163. The van der Waals surface area contributed by atoms with Crippen LogP contribution in [0, 0.1) is 0 Å². The first-order valence-corrected chi connectivity index (χ1v) is 13.2. The number of aliphatic hydroxyl groups is 1. The van der Waals surface area contributed by atoms with Crippen molar-refractivity contribution >= 4 is 39.6 Å². The molecule has 5 aromatic rings. The number of aromatic amines is 1. The van der Waals surface area contributed by atoms with Crippen LogP contribution in [0.5, 0.6) is 11.5 Å². The topological polar surface area (TPSA) is 89.6 Å². The van der Waals surface area contributed by atoms with Gasteiger partial charge in [0.1, 0.15) is 11.5 Å². The molecule has 2 heterocycles. The summed E-state index contributed by atoms with van der Waals surface area (Å²) in [4.78, 5) is 18.1. The molecule has 0 saturated carbocycles. The number of benzene rings is 4. The van der Waals surface area contributed by atoms with Gasteiger partial charge in [-0.2, -0.15) is 0 Å². The number of fused-ring (bicyclic) bond motifs is 1. The molecule has 7 heteroatoms. The van der Waals surface area contributed by atoms with E-state index in [0.717, 1.165) is 54.0 Å². The second-order valence-electron chi connectivity index (χ2n) is 9.77. The molecule has 39 heavy (non-hydrogen) atoms. The van der Waals surface area contributed by atoms with Crippen LogP contribution < -0.4 is 20.3 Å². The van der Waals surface area contributed by atoms with E-state index < -0.39 is 0 Å². The van der Waals surface area contributed by atoms with Crippen molar-refractivity contribution in [3.8, 4) is 11.5 Å². The highest BCUT2D eigenvalue weighted by Crippen LogP contribution is 2.27. The fourth-order valence-electron chi connectivity index (χ4n) is 4.79. The van der Waals surface area contributed by atoms with E-state index in [-0.39, 0.29) is 12.0 Å². The number of amides is 1. The van der Waals surface area contributed by atoms with Crippen LogP contribution in [0.4, 0.5) is 22.7 Å². The van der Waals surface area contributed by atoms with E-state index in [1.54, 1.807) is 0 Å². The van der Waals surface area contributed by atoms with Crippen molar-refractivity contribution in [2.45, 2.75) is 18.9 Å². The zero-order chi connectivity index (χ0) is 26.6. The number of hydrogen-bond acceptors (Lipinski definition) is 5. The molecular weight excluding hydrogens is 488 g/mol. The third-order valence-corrected chi connectivity index (χ3v) is 7.01. The SMILES string of the molecule is O=C(Nc1ccc(Oc2ccc(Nc3ccc(N4CCC(O)CC4)cc3)cc2)cc1)c1ccc2cc[nH]c2c1. The zero-order valence-corrected chi connectivity index (χ0v) is 21.4. The van der Waals surface area contributed by atoms with Crippen molar-refractivity contribution in [3.05, 3.63) is 109 Å². The summed E-state index contributed by atoms with van der Waals surface area (Å²) in [5.74, 6) is 1.24. The van der Waals surface area contributed by atoms with Crippen LogP contribution in [-0.4, -0.2) is 35.2 Å². The van der Waals surface area contributed by atoms with Gasteiger partial charge in [-0.15, -0.1) is 0 Å². The molecule has 0 spiro atoms. The van der Waals surface area contributed by atoms with Crippen LogP contribution in [0.25, 0.3) is 10.9 Å². The molecule has 0 bridgehead atoms. The number of H-pyrrole nitrogens is 1. The first kappa shape index (κ1) is 24.6. The maximum Gasteiger partial charge on any atom is 0.255 e. The van der Waals surface area contributed by atoms with Crippen molar-refractivity contribution < 1.29 is 14.6 Å². The Hall–Kier alpha value is -4.75. The Morgan fingerprint density at radius 2 is 1.41 bits per heavy atom. The molecular formula is C32H30N4O3. The minimum atomic E-state index is -0.169. The molecule has 1 saturated heterocycles. The number of nitrogens with one attached hydrogen (secondary N) is 3. The first-order valence-electron chi connectivity index (χ1n) is 13.2.